The van der Waals surface area contributed by atoms with Crippen molar-refractivity contribution in [1.29, 1.82) is 0 Å². The maximum Gasteiger partial charge on any atom is 0.262 e. The Morgan fingerprint density at radius 3 is 2.17 bits per heavy atom. The molecule has 9 heteroatoms. The highest BCUT2D eigenvalue weighted by atomic mass is 35.5. The largest absolute Gasteiger partial charge is 0.496 e. The Balaban J connectivity index is 1.28. The topological polar surface area (TPSA) is 71.1 Å². The van der Waals surface area contributed by atoms with E-state index in [2.05, 4.69) is 10.2 Å². The number of anilines is 2. The fourth-order valence-corrected chi connectivity index (χ4v) is 4.45. The number of carbonyl (C=O) groups is 2. The van der Waals surface area contributed by atoms with E-state index in [1.54, 1.807) is 36.4 Å². The summed E-state index contributed by atoms with van der Waals surface area (Å²) in [6.45, 7) is 4.31. The Hall–Kier alpha value is -3.42. The lowest BCUT2D eigenvalue weighted by Crippen LogP contribution is -2.48. The Morgan fingerprint density at radius 2 is 1.53 bits per heavy atom. The van der Waals surface area contributed by atoms with E-state index in [1.807, 2.05) is 36.1 Å². The second-order valence-corrected chi connectivity index (χ2v) is 9.29. The number of ether oxygens (including phenoxy) is 2. The molecule has 0 unspecified atom stereocenters. The third kappa shape index (κ3) is 6.22. The van der Waals surface area contributed by atoms with E-state index in [4.69, 9.17) is 32.7 Å². The predicted molar refractivity (Wildman–Crippen MR) is 143 cm³/mol. The van der Waals surface area contributed by atoms with Gasteiger partial charge in [-0.05, 0) is 73.2 Å². The molecule has 0 atom stereocenters. The van der Waals surface area contributed by atoms with Gasteiger partial charge in [-0.25, -0.2) is 0 Å². The van der Waals surface area contributed by atoms with Crippen molar-refractivity contribution in [1.82, 2.24) is 4.90 Å². The summed E-state index contributed by atoms with van der Waals surface area (Å²) in [5.74, 6) is 0.790. The molecule has 1 heterocycles. The van der Waals surface area contributed by atoms with Gasteiger partial charge in [-0.15, -0.1) is 0 Å². The first-order valence-corrected chi connectivity index (χ1v) is 12.3. The molecule has 0 spiro atoms. The summed E-state index contributed by atoms with van der Waals surface area (Å²) >= 11 is 12.0. The van der Waals surface area contributed by atoms with Crippen LogP contribution in [0.25, 0.3) is 0 Å². The van der Waals surface area contributed by atoms with Crippen molar-refractivity contribution < 1.29 is 19.1 Å². The van der Waals surface area contributed by atoms with Gasteiger partial charge in [0.2, 0.25) is 0 Å². The molecule has 1 aliphatic heterocycles. The third-order valence-electron chi connectivity index (χ3n) is 5.97. The molecule has 0 bridgehead atoms. The number of amides is 2. The summed E-state index contributed by atoms with van der Waals surface area (Å²) in [5.41, 5.74) is 3.04. The molecule has 188 valence electrons. The second-order valence-electron chi connectivity index (χ2n) is 8.42. The first kappa shape index (κ1) is 25.7. The third-order valence-corrected chi connectivity index (χ3v) is 6.44. The number of piperazine rings is 1. The van der Waals surface area contributed by atoms with E-state index in [1.165, 1.54) is 7.11 Å². The van der Waals surface area contributed by atoms with Crippen LogP contribution in [-0.2, 0) is 4.79 Å². The lowest BCUT2D eigenvalue weighted by molar-refractivity contribution is -0.118. The van der Waals surface area contributed by atoms with Crippen LogP contribution >= 0.6 is 23.2 Å². The standard InChI is InChI=1S/C27H27Cl2N3O4/c1-18-15-19(28)3-9-24(18)36-17-26(33)30-21-5-7-22(8-6-21)31-11-13-32(14-12-31)27(34)23-16-20(29)4-10-25(23)35-2/h3-10,15-16H,11-14,17H2,1-2H3,(H,30,33). The van der Waals surface area contributed by atoms with Crippen LogP contribution in [0.15, 0.2) is 60.7 Å². The number of nitrogens with one attached hydrogen (secondary N) is 1. The van der Waals surface area contributed by atoms with E-state index >= 15 is 0 Å². The van der Waals surface area contributed by atoms with Crippen molar-refractivity contribution in [2.45, 2.75) is 6.92 Å². The molecule has 0 radical (unpaired) electrons. The molecular weight excluding hydrogens is 501 g/mol. The number of carbonyl (C=O) groups excluding carboxylic acids is 2. The van der Waals surface area contributed by atoms with E-state index < -0.39 is 0 Å². The molecule has 2 amide bonds. The molecule has 1 N–H and O–H groups in total. The second kappa shape index (κ2) is 11.5. The summed E-state index contributed by atoms with van der Waals surface area (Å²) in [6.07, 6.45) is 0. The molecule has 0 aromatic heterocycles. The van der Waals surface area contributed by atoms with Gasteiger partial charge < -0.3 is 24.6 Å². The van der Waals surface area contributed by atoms with Gasteiger partial charge in [0.15, 0.2) is 6.61 Å². The van der Waals surface area contributed by atoms with Crippen LogP contribution in [0.4, 0.5) is 11.4 Å². The summed E-state index contributed by atoms with van der Waals surface area (Å²) in [4.78, 5) is 29.3. The highest BCUT2D eigenvalue weighted by Crippen LogP contribution is 2.26. The van der Waals surface area contributed by atoms with Gasteiger partial charge >= 0.3 is 0 Å². The van der Waals surface area contributed by atoms with Crippen LogP contribution in [0.1, 0.15) is 15.9 Å². The van der Waals surface area contributed by atoms with Gasteiger partial charge in [0.05, 0.1) is 12.7 Å². The Bertz CT molecular complexity index is 1240. The monoisotopic (exact) mass is 527 g/mol. The molecule has 1 aliphatic rings. The van der Waals surface area contributed by atoms with Gasteiger partial charge in [0.1, 0.15) is 11.5 Å². The zero-order valence-corrected chi connectivity index (χ0v) is 21.6. The predicted octanol–water partition coefficient (Wildman–Crippen LogP) is 5.29. The Kier molecular flexibility index (Phi) is 8.23. The van der Waals surface area contributed by atoms with E-state index in [-0.39, 0.29) is 18.4 Å². The minimum atomic E-state index is -0.249. The van der Waals surface area contributed by atoms with Crippen molar-refractivity contribution in [3.63, 3.8) is 0 Å². The van der Waals surface area contributed by atoms with Crippen LogP contribution in [0, 0.1) is 6.92 Å². The fourth-order valence-electron chi connectivity index (χ4n) is 4.06. The van der Waals surface area contributed by atoms with Crippen molar-refractivity contribution in [2.24, 2.45) is 0 Å². The number of halogens is 2. The molecule has 1 saturated heterocycles. The fraction of sp³-hybridized carbons (Fsp3) is 0.259. The zero-order chi connectivity index (χ0) is 25.7. The number of hydrogen-bond donors (Lipinski definition) is 1. The van der Waals surface area contributed by atoms with Crippen LogP contribution in [-0.4, -0.2) is 56.6 Å². The van der Waals surface area contributed by atoms with Crippen LogP contribution < -0.4 is 19.7 Å². The molecule has 4 rings (SSSR count). The van der Waals surface area contributed by atoms with Crippen LogP contribution in [0.2, 0.25) is 10.0 Å². The molecule has 7 nitrogen and oxygen atoms in total. The highest BCUT2D eigenvalue weighted by molar-refractivity contribution is 6.31. The van der Waals surface area contributed by atoms with E-state index in [9.17, 15) is 9.59 Å². The first-order chi connectivity index (χ1) is 17.3. The number of rotatable bonds is 7. The molecule has 36 heavy (non-hydrogen) atoms. The van der Waals surface area contributed by atoms with Crippen molar-refractivity contribution >= 4 is 46.4 Å². The van der Waals surface area contributed by atoms with Crippen molar-refractivity contribution in [2.75, 3.05) is 50.1 Å². The molecule has 3 aromatic rings. The molecular formula is C27H27Cl2N3O4. The lowest BCUT2D eigenvalue weighted by atomic mass is 10.1. The van der Waals surface area contributed by atoms with Crippen LogP contribution in [0.5, 0.6) is 11.5 Å². The molecule has 0 saturated carbocycles. The van der Waals surface area contributed by atoms with Gasteiger partial charge in [-0.2, -0.15) is 0 Å². The van der Waals surface area contributed by atoms with Gasteiger partial charge in [0, 0.05) is 47.6 Å². The maximum atomic E-state index is 13.0. The smallest absolute Gasteiger partial charge is 0.262 e. The Morgan fingerprint density at radius 1 is 0.889 bits per heavy atom. The quantitative estimate of drug-likeness (QED) is 0.451. The van der Waals surface area contributed by atoms with E-state index in [0.29, 0.717) is 59.0 Å². The lowest BCUT2D eigenvalue weighted by Gasteiger charge is -2.36. The van der Waals surface area contributed by atoms with Gasteiger partial charge in [-0.3, -0.25) is 9.59 Å². The number of hydrogen-bond acceptors (Lipinski definition) is 5. The minimum Gasteiger partial charge on any atom is -0.496 e. The molecule has 1 fully saturated rings. The Labute approximate surface area is 220 Å². The molecule has 3 aromatic carbocycles. The number of nitrogens with zero attached hydrogens (tertiary/aromatic N) is 2. The zero-order valence-electron chi connectivity index (χ0n) is 20.1. The SMILES string of the molecule is COc1ccc(Cl)cc1C(=O)N1CCN(c2ccc(NC(=O)COc3ccc(Cl)cc3C)cc2)CC1. The number of benzene rings is 3. The minimum absolute atomic E-state index is 0.0944. The van der Waals surface area contributed by atoms with E-state index in [0.717, 1.165) is 11.3 Å². The number of methoxy groups -OCH3 is 1. The van der Waals surface area contributed by atoms with Gasteiger partial charge in [0.25, 0.3) is 11.8 Å². The average molecular weight is 528 g/mol. The summed E-state index contributed by atoms with van der Waals surface area (Å²) < 4.78 is 10.9. The average Bonchev–Trinajstić information content (AvgIpc) is 2.88. The van der Waals surface area contributed by atoms with Gasteiger partial charge in [-0.1, -0.05) is 23.2 Å². The summed E-state index contributed by atoms with van der Waals surface area (Å²) in [5, 5.41) is 3.97. The first-order valence-electron chi connectivity index (χ1n) is 11.5. The maximum absolute atomic E-state index is 13.0. The summed E-state index contributed by atoms with van der Waals surface area (Å²) in [6, 6.07) is 17.9. The number of aryl methyl sites for hydroxylation is 1. The van der Waals surface area contributed by atoms with Crippen LogP contribution in [0.3, 0.4) is 0 Å². The summed E-state index contributed by atoms with van der Waals surface area (Å²) in [7, 11) is 1.54. The van der Waals surface area contributed by atoms with Crippen molar-refractivity contribution in [3.8, 4) is 11.5 Å². The molecule has 0 aliphatic carbocycles. The normalized spacial score (nSPS) is 13.3. The van der Waals surface area contributed by atoms with Crippen molar-refractivity contribution in [3.05, 3.63) is 81.8 Å². The highest BCUT2D eigenvalue weighted by Gasteiger charge is 2.24.